The number of sulfonamides is 1. The molecule has 9 heteroatoms. The topological polar surface area (TPSA) is 86.8 Å². The third kappa shape index (κ3) is 5.00. The molecule has 0 radical (unpaired) electrons. The molecule has 1 atom stereocenters. The summed E-state index contributed by atoms with van der Waals surface area (Å²) in [6, 6.07) is 12.9. The molecule has 1 N–H and O–H groups in total. The van der Waals surface area contributed by atoms with Gasteiger partial charge in [0.1, 0.15) is 0 Å². The fraction of sp³-hybridized carbons (Fsp3) is 0.333. The molecule has 0 bridgehead atoms. The number of hydrogen-bond acceptors (Lipinski definition) is 4. The molecule has 160 valence electrons. The van der Waals surface area contributed by atoms with Crippen molar-refractivity contribution in [2.45, 2.75) is 24.8 Å². The van der Waals surface area contributed by atoms with Crippen LogP contribution in [0.4, 0.5) is 0 Å². The third-order valence-corrected chi connectivity index (χ3v) is 7.32. The van der Waals surface area contributed by atoms with Crippen LogP contribution in [0.1, 0.15) is 35.8 Å². The quantitative estimate of drug-likeness (QED) is 0.760. The first-order chi connectivity index (χ1) is 14.2. The average Bonchev–Trinajstić information content (AvgIpc) is 2.74. The van der Waals surface area contributed by atoms with E-state index in [1.165, 1.54) is 35.5 Å². The highest BCUT2D eigenvalue weighted by Crippen LogP contribution is 2.20. The molecule has 0 saturated carbocycles. The number of carbonyl (C=O) groups excluding carboxylic acids is 2. The lowest BCUT2D eigenvalue weighted by molar-refractivity contribution is -0.129. The minimum absolute atomic E-state index is 0.0600. The van der Waals surface area contributed by atoms with E-state index in [0.717, 1.165) is 5.56 Å². The maximum atomic E-state index is 12.8. The van der Waals surface area contributed by atoms with Crippen molar-refractivity contribution in [3.05, 3.63) is 64.7 Å². The van der Waals surface area contributed by atoms with Crippen molar-refractivity contribution in [3.8, 4) is 0 Å². The summed E-state index contributed by atoms with van der Waals surface area (Å²) < 4.78 is 27.1. The number of rotatable bonds is 5. The van der Waals surface area contributed by atoms with Gasteiger partial charge in [-0.2, -0.15) is 4.31 Å². The molecule has 0 aliphatic carbocycles. The Morgan fingerprint density at radius 2 is 1.53 bits per heavy atom. The van der Waals surface area contributed by atoms with Gasteiger partial charge >= 0.3 is 0 Å². The molecule has 1 unspecified atom stereocenters. The molecule has 1 fully saturated rings. The summed E-state index contributed by atoms with van der Waals surface area (Å²) in [4.78, 5) is 25.7. The Morgan fingerprint density at radius 3 is 2.07 bits per heavy atom. The van der Waals surface area contributed by atoms with Gasteiger partial charge in [-0.15, -0.1) is 0 Å². The highest BCUT2D eigenvalue weighted by atomic mass is 35.5. The summed E-state index contributed by atoms with van der Waals surface area (Å²) in [6.07, 6.45) is 0. The third-order valence-electron chi connectivity index (χ3n) is 5.16. The van der Waals surface area contributed by atoms with Crippen LogP contribution >= 0.6 is 11.6 Å². The predicted octanol–water partition coefficient (Wildman–Crippen LogP) is 2.68. The van der Waals surface area contributed by atoms with Crippen molar-refractivity contribution in [2.75, 3.05) is 26.2 Å². The van der Waals surface area contributed by atoms with Gasteiger partial charge in [0.2, 0.25) is 15.9 Å². The van der Waals surface area contributed by atoms with Crippen LogP contribution < -0.4 is 5.32 Å². The molecule has 7 nitrogen and oxygen atoms in total. The van der Waals surface area contributed by atoms with Crippen LogP contribution in [0.2, 0.25) is 5.02 Å². The zero-order valence-electron chi connectivity index (χ0n) is 16.8. The first-order valence-corrected chi connectivity index (χ1v) is 11.4. The molecule has 2 aromatic carbocycles. The lowest BCUT2D eigenvalue weighted by atomic mass is 10.1. The van der Waals surface area contributed by atoms with Gasteiger partial charge < -0.3 is 10.2 Å². The molecule has 1 aliphatic heterocycles. The van der Waals surface area contributed by atoms with Crippen LogP contribution in [0.3, 0.4) is 0 Å². The molecule has 1 heterocycles. The zero-order chi connectivity index (χ0) is 21.9. The summed E-state index contributed by atoms with van der Waals surface area (Å²) in [5.41, 5.74) is 1.29. The average molecular weight is 450 g/mol. The fourth-order valence-corrected chi connectivity index (χ4v) is 4.83. The second-order valence-corrected chi connectivity index (χ2v) is 9.56. The molecule has 1 aliphatic rings. The molecule has 30 heavy (non-hydrogen) atoms. The number of carbonyl (C=O) groups is 2. The molecule has 2 aromatic rings. The van der Waals surface area contributed by atoms with Gasteiger partial charge in [0.15, 0.2) is 0 Å². The first kappa shape index (κ1) is 22.3. The van der Waals surface area contributed by atoms with Gasteiger partial charge in [0.05, 0.1) is 10.9 Å². The Balaban J connectivity index is 1.65. The van der Waals surface area contributed by atoms with E-state index >= 15 is 0 Å². The maximum absolute atomic E-state index is 12.8. The number of nitrogens with one attached hydrogen (secondary N) is 1. The number of amides is 2. The molecular formula is C21H24ClN3O4S. The number of halogens is 1. The SMILES string of the molecule is CC(=O)N1CCN(S(=O)(=O)c2ccc(C(=O)NC(C)c3ccc(Cl)cc3)cc2)CC1. The monoisotopic (exact) mass is 449 g/mol. The van der Waals surface area contributed by atoms with E-state index in [-0.39, 0.29) is 35.8 Å². The van der Waals surface area contributed by atoms with Crippen LogP contribution in [-0.2, 0) is 14.8 Å². The predicted molar refractivity (Wildman–Crippen MR) is 115 cm³/mol. The summed E-state index contributed by atoms with van der Waals surface area (Å²) in [7, 11) is -3.67. The number of piperazine rings is 1. The van der Waals surface area contributed by atoms with Crippen molar-refractivity contribution < 1.29 is 18.0 Å². The van der Waals surface area contributed by atoms with Crippen LogP contribution in [-0.4, -0.2) is 55.6 Å². The molecule has 1 saturated heterocycles. The lowest BCUT2D eigenvalue weighted by Crippen LogP contribution is -2.49. The van der Waals surface area contributed by atoms with Crippen LogP contribution in [0.5, 0.6) is 0 Å². The van der Waals surface area contributed by atoms with Gasteiger partial charge in [-0.1, -0.05) is 23.7 Å². The summed E-state index contributed by atoms with van der Waals surface area (Å²) >= 11 is 5.89. The first-order valence-electron chi connectivity index (χ1n) is 9.60. The van der Waals surface area contributed by atoms with Crippen molar-refractivity contribution in [2.24, 2.45) is 0 Å². The van der Waals surface area contributed by atoms with Crippen molar-refractivity contribution in [1.82, 2.24) is 14.5 Å². The van der Waals surface area contributed by atoms with Crippen LogP contribution in [0, 0.1) is 0 Å². The van der Waals surface area contributed by atoms with Crippen LogP contribution in [0.25, 0.3) is 0 Å². The molecule has 0 spiro atoms. The minimum Gasteiger partial charge on any atom is -0.346 e. The molecule has 3 rings (SSSR count). The van der Waals surface area contributed by atoms with E-state index in [2.05, 4.69) is 5.32 Å². The second kappa shape index (κ2) is 9.16. The van der Waals surface area contributed by atoms with Crippen molar-refractivity contribution >= 4 is 33.4 Å². The van der Waals surface area contributed by atoms with E-state index < -0.39 is 10.0 Å². The summed E-state index contributed by atoms with van der Waals surface area (Å²) in [5, 5.41) is 3.51. The van der Waals surface area contributed by atoms with Crippen LogP contribution in [0.15, 0.2) is 53.4 Å². The Morgan fingerprint density at radius 1 is 0.967 bits per heavy atom. The largest absolute Gasteiger partial charge is 0.346 e. The minimum atomic E-state index is -3.67. The lowest BCUT2D eigenvalue weighted by Gasteiger charge is -2.33. The van der Waals surface area contributed by atoms with Crippen molar-refractivity contribution in [1.29, 1.82) is 0 Å². The van der Waals surface area contributed by atoms with Gasteiger partial charge in [-0.05, 0) is 48.9 Å². The highest BCUT2D eigenvalue weighted by molar-refractivity contribution is 7.89. The van der Waals surface area contributed by atoms with Crippen molar-refractivity contribution in [3.63, 3.8) is 0 Å². The smallest absolute Gasteiger partial charge is 0.251 e. The van der Waals surface area contributed by atoms with Gasteiger partial charge in [-0.25, -0.2) is 8.42 Å². The Bertz CT molecular complexity index is 1020. The number of nitrogens with zero attached hydrogens (tertiary/aromatic N) is 2. The second-order valence-electron chi connectivity index (χ2n) is 7.18. The number of benzene rings is 2. The van der Waals surface area contributed by atoms with E-state index in [0.29, 0.717) is 23.7 Å². The van der Waals surface area contributed by atoms with Gasteiger partial charge in [0, 0.05) is 43.7 Å². The Hall–Kier alpha value is -2.42. The number of hydrogen-bond donors (Lipinski definition) is 1. The summed E-state index contributed by atoms with van der Waals surface area (Å²) in [6.45, 7) is 4.59. The summed E-state index contributed by atoms with van der Waals surface area (Å²) in [5.74, 6) is -0.355. The molecular weight excluding hydrogens is 426 g/mol. The Labute approximate surface area is 181 Å². The Kier molecular flexibility index (Phi) is 6.80. The van der Waals surface area contributed by atoms with E-state index in [9.17, 15) is 18.0 Å². The van der Waals surface area contributed by atoms with E-state index in [1.54, 1.807) is 17.0 Å². The zero-order valence-corrected chi connectivity index (χ0v) is 18.4. The maximum Gasteiger partial charge on any atom is 0.251 e. The van der Waals surface area contributed by atoms with Gasteiger partial charge in [-0.3, -0.25) is 9.59 Å². The normalized spacial score (nSPS) is 16.2. The van der Waals surface area contributed by atoms with E-state index in [4.69, 9.17) is 11.6 Å². The molecule has 0 aromatic heterocycles. The molecule has 2 amide bonds. The fourth-order valence-electron chi connectivity index (χ4n) is 3.29. The highest BCUT2D eigenvalue weighted by Gasteiger charge is 2.29. The van der Waals surface area contributed by atoms with E-state index in [1.807, 2.05) is 19.1 Å². The standard InChI is InChI=1S/C21H24ClN3O4S/c1-15(17-3-7-19(22)8-4-17)23-21(27)18-5-9-20(10-6-18)30(28,29)25-13-11-24(12-14-25)16(2)26/h3-10,15H,11-14H2,1-2H3,(H,23,27). The van der Waals surface area contributed by atoms with Gasteiger partial charge in [0.25, 0.3) is 5.91 Å².